The summed E-state index contributed by atoms with van der Waals surface area (Å²) in [7, 11) is 0. The van der Waals surface area contributed by atoms with Gasteiger partial charge in [0.05, 0.1) is 25.3 Å². The molecule has 11 nitrogen and oxygen atoms in total. The number of rotatable bonds is 11. The molecule has 1 aliphatic heterocycles. The number of nitrogens with zero attached hydrogens (tertiary/aromatic N) is 7. The fourth-order valence-electron chi connectivity index (χ4n) is 4.10. The van der Waals surface area contributed by atoms with Crippen LogP contribution < -0.4 is 10.2 Å². The monoisotopic (exact) mass is 510 g/mol. The first-order chi connectivity index (χ1) is 17.9. The van der Waals surface area contributed by atoms with Gasteiger partial charge >= 0.3 is 6.09 Å². The number of anilines is 1. The zero-order valence-electron chi connectivity index (χ0n) is 21.2. The second-order valence-electron chi connectivity index (χ2n) is 8.74. The molecule has 1 fully saturated rings. The Morgan fingerprint density at radius 3 is 2.73 bits per heavy atom. The Bertz CT molecular complexity index is 1230. The SMILES string of the molecule is CCN(CC)CCCn1nnc(-c2ccc(-c3ccc(N4CC(CNC(C)=O)OC4=O)cc3F)cn2)n1. The van der Waals surface area contributed by atoms with E-state index in [2.05, 4.69) is 44.5 Å². The van der Waals surface area contributed by atoms with E-state index in [1.807, 2.05) is 0 Å². The quantitative estimate of drug-likeness (QED) is 0.418. The third-order valence-corrected chi connectivity index (χ3v) is 6.20. The average Bonchev–Trinajstić information content (AvgIpc) is 3.52. The molecule has 0 saturated carbocycles. The number of aryl methyl sites for hydroxylation is 1. The second-order valence-corrected chi connectivity index (χ2v) is 8.74. The minimum Gasteiger partial charge on any atom is -0.442 e. The van der Waals surface area contributed by atoms with Crippen molar-refractivity contribution in [1.29, 1.82) is 0 Å². The highest BCUT2D eigenvalue weighted by molar-refractivity contribution is 5.90. The van der Waals surface area contributed by atoms with Crippen molar-refractivity contribution >= 4 is 17.7 Å². The van der Waals surface area contributed by atoms with Crippen molar-refractivity contribution in [1.82, 2.24) is 35.4 Å². The largest absolute Gasteiger partial charge is 0.442 e. The zero-order valence-corrected chi connectivity index (χ0v) is 21.2. The van der Waals surface area contributed by atoms with Crippen LogP contribution in [0.1, 0.15) is 27.2 Å². The van der Waals surface area contributed by atoms with Gasteiger partial charge in [0.15, 0.2) is 0 Å². The van der Waals surface area contributed by atoms with Crippen LogP contribution in [0.2, 0.25) is 0 Å². The summed E-state index contributed by atoms with van der Waals surface area (Å²) in [5.41, 5.74) is 1.84. The van der Waals surface area contributed by atoms with E-state index in [4.69, 9.17) is 4.74 Å². The van der Waals surface area contributed by atoms with Gasteiger partial charge in [-0.25, -0.2) is 9.18 Å². The number of halogens is 1. The smallest absolute Gasteiger partial charge is 0.414 e. The summed E-state index contributed by atoms with van der Waals surface area (Å²) in [6, 6.07) is 8.01. The Hall–Kier alpha value is -3.93. The van der Waals surface area contributed by atoms with E-state index < -0.39 is 18.0 Å². The molecule has 1 unspecified atom stereocenters. The van der Waals surface area contributed by atoms with E-state index in [0.29, 0.717) is 34.9 Å². The fraction of sp³-hybridized carbons (Fsp3) is 0.440. The summed E-state index contributed by atoms with van der Waals surface area (Å²) in [5.74, 6) is -0.301. The number of ether oxygens (including phenoxy) is 1. The van der Waals surface area contributed by atoms with Crippen molar-refractivity contribution < 1.29 is 18.7 Å². The number of tetrazole rings is 1. The van der Waals surface area contributed by atoms with Crippen LogP contribution in [0.5, 0.6) is 0 Å². The number of nitrogens with one attached hydrogen (secondary N) is 1. The standard InChI is InChI=1S/C25H31FN8O3/c1-4-32(5-2)11-6-12-34-30-24(29-31-34)23-10-7-18(14-28-23)21-9-8-19(13-22(21)26)33-16-20(37-25(33)36)15-27-17(3)35/h7-10,13-14,20H,4-6,11-12,15-16H2,1-3H3,(H,27,35). The molecule has 2 aromatic heterocycles. The Labute approximate surface area is 214 Å². The van der Waals surface area contributed by atoms with E-state index in [1.54, 1.807) is 35.3 Å². The van der Waals surface area contributed by atoms with Crippen LogP contribution in [0.3, 0.4) is 0 Å². The highest BCUT2D eigenvalue weighted by Crippen LogP contribution is 2.29. The van der Waals surface area contributed by atoms with Crippen LogP contribution in [-0.4, -0.2) is 80.9 Å². The maximum absolute atomic E-state index is 15.0. The Kier molecular flexibility index (Phi) is 8.39. The summed E-state index contributed by atoms with van der Waals surface area (Å²) in [4.78, 5) is 33.0. The average molecular weight is 511 g/mol. The lowest BCUT2D eigenvalue weighted by Gasteiger charge is -2.16. The molecular formula is C25H31FN8O3. The molecule has 1 saturated heterocycles. The molecule has 0 aliphatic carbocycles. The predicted octanol–water partition coefficient (Wildman–Crippen LogP) is 2.73. The van der Waals surface area contributed by atoms with Gasteiger partial charge in [-0.15, -0.1) is 10.2 Å². The highest BCUT2D eigenvalue weighted by Gasteiger charge is 2.32. The Balaban J connectivity index is 1.39. The van der Waals surface area contributed by atoms with Crippen LogP contribution in [0, 0.1) is 5.82 Å². The topological polar surface area (TPSA) is 118 Å². The lowest BCUT2D eigenvalue weighted by molar-refractivity contribution is -0.119. The third kappa shape index (κ3) is 6.45. The number of carbonyl (C=O) groups is 2. The van der Waals surface area contributed by atoms with Crippen molar-refractivity contribution in [3.05, 3.63) is 42.3 Å². The number of pyridine rings is 1. The zero-order chi connectivity index (χ0) is 26.4. The molecular weight excluding hydrogens is 479 g/mol. The van der Waals surface area contributed by atoms with Crippen molar-refractivity contribution in [3.63, 3.8) is 0 Å². The molecule has 3 aromatic rings. The summed E-state index contributed by atoms with van der Waals surface area (Å²) in [5, 5.41) is 15.2. The van der Waals surface area contributed by atoms with Gasteiger partial charge in [0.2, 0.25) is 11.7 Å². The molecule has 196 valence electrons. The molecule has 3 heterocycles. The van der Waals surface area contributed by atoms with Crippen LogP contribution in [0.4, 0.5) is 14.9 Å². The number of hydrogen-bond acceptors (Lipinski definition) is 8. The maximum atomic E-state index is 15.0. The highest BCUT2D eigenvalue weighted by atomic mass is 19.1. The molecule has 0 bridgehead atoms. The molecule has 2 amide bonds. The van der Waals surface area contributed by atoms with Gasteiger partial charge in [-0.1, -0.05) is 19.9 Å². The predicted molar refractivity (Wildman–Crippen MR) is 135 cm³/mol. The second kappa shape index (κ2) is 11.9. The minimum atomic E-state index is -0.581. The van der Waals surface area contributed by atoms with Gasteiger partial charge in [-0.3, -0.25) is 14.7 Å². The van der Waals surface area contributed by atoms with Gasteiger partial charge in [-0.2, -0.15) is 4.80 Å². The molecule has 37 heavy (non-hydrogen) atoms. The minimum absolute atomic E-state index is 0.203. The van der Waals surface area contributed by atoms with E-state index >= 15 is 4.39 Å². The van der Waals surface area contributed by atoms with E-state index in [1.165, 1.54) is 17.9 Å². The lowest BCUT2D eigenvalue weighted by atomic mass is 10.1. The van der Waals surface area contributed by atoms with E-state index in [-0.39, 0.29) is 19.0 Å². The molecule has 4 rings (SSSR count). The maximum Gasteiger partial charge on any atom is 0.414 e. The van der Waals surface area contributed by atoms with Crippen molar-refractivity contribution in [2.45, 2.75) is 39.8 Å². The summed E-state index contributed by atoms with van der Waals surface area (Å²) < 4.78 is 20.3. The van der Waals surface area contributed by atoms with Crippen molar-refractivity contribution in [2.75, 3.05) is 37.6 Å². The van der Waals surface area contributed by atoms with Gasteiger partial charge in [0.25, 0.3) is 0 Å². The van der Waals surface area contributed by atoms with Gasteiger partial charge in [0.1, 0.15) is 17.6 Å². The molecule has 0 spiro atoms. The van der Waals surface area contributed by atoms with Crippen molar-refractivity contribution in [2.24, 2.45) is 0 Å². The number of cyclic esters (lactones) is 1. The normalized spacial score (nSPS) is 15.3. The van der Waals surface area contributed by atoms with Gasteiger partial charge in [0, 0.05) is 24.2 Å². The molecule has 1 aliphatic rings. The molecule has 12 heteroatoms. The number of benzene rings is 1. The van der Waals surface area contributed by atoms with Crippen LogP contribution in [0.25, 0.3) is 22.6 Å². The van der Waals surface area contributed by atoms with Crippen LogP contribution in [-0.2, 0) is 16.1 Å². The van der Waals surface area contributed by atoms with E-state index in [0.717, 1.165) is 26.1 Å². The summed E-state index contributed by atoms with van der Waals surface area (Å²) in [6.45, 7) is 9.75. The fourth-order valence-corrected chi connectivity index (χ4v) is 4.10. The summed E-state index contributed by atoms with van der Waals surface area (Å²) >= 11 is 0. The number of aromatic nitrogens is 5. The number of carbonyl (C=O) groups excluding carboxylic acids is 2. The first-order valence-corrected chi connectivity index (χ1v) is 12.4. The number of amides is 2. The Morgan fingerprint density at radius 1 is 1.24 bits per heavy atom. The summed E-state index contributed by atoms with van der Waals surface area (Å²) in [6.07, 6.45) is 1.40. The van der Waals surface area contributed by atoms with Crippen LogP contribution in [0.15, 0.2) is 36.5 Å². The van der Waals surface area contributed by atoms with Gasteiger partial charge in [-0.05, 0) is 55.5 Å². The van der Waals surface area contributed by atoms with Gasteiger partial charge < -0.3 is 15.0 Å². The molecule has 0 radical (unpaired) electrons. The molecule has 1 N–H and O–H groups in total. The Morgan fingerprint density at radius 2 is 2.05 bits per heavy atom. The molecule has 1 aromatic carbocycles. The first-order valence-electron chi connectivity index (χ1n) is 12.4. The first kappa shape index (κ1) is 26.1. The van der Waals surface area contributed by atoms with Crippen molar-refractivity contribution in [3.8, 4) is 22.6 Å². The molecule has 1 atom stereocenters. The number of hydrogen-bond donors (Lipinski definition) is 1. The van der Waals surface area contributed by atoms with E-state index in [9.17, 15) is 9.59 Å². The lowest BCUT2D eigenvalue weighted by Crippen LogP contribution is -2.33. The van der Waals surface area contributed by atoms with Crippen LogP contribution >= 0.6 is 0 Å². The third-order valence-electron chi connectivity index (χ3n) is 6.20.